The molecule has 3 aromatic carbocycles. The van der Waals surface area contributed by atoms with E-state index in [9.17, 15) is 9.59 Å². The van der Waals surface area contributed by atoms with Crippen molar-refractivity contribution >= 4 is 11.8 Å². The van der Waals surface area contributed by atoms with E-state index in [1.165, 1.54) is 0 Å². The molecule has 0 bridgehead atoms. The molecule has 0 aliphatic rings. The molecular formula is C26H28N2O3. The third kappa shape index (κ3) is 6.44. The summed E-state index contributed by atoms with van der Waals surface area (Å²) < 4.78 is 5.51. The molecule has 5 nitrogen and oxygen atoms in total. The van der Waals surface area contributed by atoms with Gasteiger partial charge >= 0.3 is 0 Å². The minimum Gasteiger partial charge on any atom is -0.493 e. The fourth-order valence-corrected chi connectivity index (χ4v) is 3.36. The minimum atomic E-state index is -0.206. The van der Waals surface area contributed by atoms with Crippen LogP contribution in [0, 0.1) is 0 Å². The average molecular weight is 417 g/mol. The van der Waals surface area contributed by atoms with E-state index in [0.717, 1.165) is 11.1 Å². The molecule has 0 heterocycles. The van der Waals surface area contributed by atoms with Gasteiger partial charge in [0, 0.05) is 13.0 Å². The zero-order valence-electron chi connectivity index (χ0n) is 17.7. The van der Waals surface area contributed by atoms with Crippen molar-refractivity contribution in [3.63, 3.8) is 0 Å². The van der Waals surface area contributed by atoms with Crippen LogP contribution in [0.2, 0.25) is 0 Å². The topological polar surface area (TPSA) is 67.4 Å². The van der Waals surface area contributed by atoms with Crippen molar-refractivity contribution in [1.29, 1.82) is 0 Å². The first kappa shape index (κ1) is 22.1. The normalized spacial score (nSPS) is 10.5. The van der Waals surface area contributed by atoms with E-state index < -0.39 is 0 Å². The largest absolute Gasteiger partial charge is 0.493 e. The minimum absolute atomic E-state index is 0.0540. The predicted molar refractivity (Wildman–Crippen MR) is 122 cm³/mol. The van der Waals surface area contributed by atoms with E-state index >= 15 is 0 Å². The van der Waals surface area contributed by atoms with Gasteiger partial charge in [0.2, 0.25) is 5.91 Å². The van der Waals surface area contributed by atoms with Gasteiger partial charge in [0.05, 0.1) is 18.2 Å². The number of rotatable bonds is 10. The van der Waals surface area contributed by atoms with Crippen LogP contribution in [0.1, 0.15) is 47.3 Å². The third-order valence-electron chi connectivity index (χ3n) is 4.87. The average Bonchev–Trinajstić information content (AvgIpc) is 2.82. The van der Waals surface area contributed by atoms with Gasteiger partial charge in [-0.15, -0.1) is 0 Å². The summed E-state index contributed by atoms with van der Waals surface area (Å²) >= 11 is 0. The Bertz CT molecular complexity index is 935. The summed E-state index contributed by atoms with van der Waals surface area (Å²) in [7, 11) is 0. The molecule has 0 aliphatic carbocycles. The number of hydrogen-bond acceptors (Lipinski definition) is 3. The lowest BCUT2D eigenvalue weighted by Gasteiger charge is -2.20. The van der Waals surface area contributed by atoms with Crippen molar-refractivity contribution in [2.75, 3.05) is 13.2 Å². The van der Waals surface area contributed by atoms with E-state index in [2.05, 4.69) is 10.6 Å². The molecular weight excluding hydrogens is 388 g/mol. The first-order valence-electron chi connectivity index (χ1n) is 10.6. The van der Waals surface area contributed by atoms with Crippen LogP contribution in [0.15, 0.2) is 84.9 Å². The number of para-hydroxylation sites is 1. The number of ether oxygens (including phenoxy) is 1. The van der Waals surface area contributed by atoms with Gasteiger partial charge in [-0.3, -0.25) is 9.59 Å². The first-order valence-corrected chi connectivity index (χ1v) is 10.6. The van der Waals surface area contributed by atoms with Gasteiger partial charge in [-0.2, -0.15) is 0 Å². The van der Waals surface area contributed by atoms with Crippen molar-refractivity contribution in [2.45, 2.75) is 25.8 Å². The number of carbonyl (C=O) groups is 2. The molecule has 0 radical (unpaired) electrons. The first-order chi connectivity index (χ1) is 15.2. The highest BCUT2D eigenvalue weighted by molar-refractivity contribution is 5.96. The lowest BCUT2D eigenvalue weighted by Crippen LogP contribution is -2.30. The standard InChI is InChI=1S/C26H28N2O3/c1-2-31-23-17-10-9-16-22(23)26(30)27-19-11-18-24(29)28-25(20-12-5-3-6-13-20)21-14-7-4-8-15-21/h3-10,12-17,25H,2,11,18-19H2,1H3,(H,27,30)(H,28,29). The van der Waals surface area contributed by atoms with Gasteiger partial charge in [-0.05, 0) is 36.6 Å². The second-order valence-corrected chi connectivity index (χ2v) is 7.11. The lowest BCUT2D eigenvalue weighted by atomic mass is 9.98. The maximum Gasteiger partial charge on any atom is 0.255 e. The molecule has 2 amide bonds. The van der Waals surface area contributed by atoms with E-state index in [-0.39, 0.29) is 17.9 Å². The Balaban J connectivity index is 1.53. The van der Waals surface area contributed by atoms with Crippen molar-refractivity contribution in [3.8, 4) is 5.75 Å². The summed E-state index contributed by atoms with van der Waals surface area (Å²) in [5.41, 5.74) is 2.56. The third-order valence-corrected chi connectivity index (χ3v) is 4.87. The highest BCUT2D eigenvalue weighted by Gasteiger charge is 2.16. The van der Waals surface area contributed by atoms with Crippen molar-refractivity contribution in [2.24, 2.45) is 0 Å². The van der Waals surface area contributed by atoms with E-state index in [1.807, 2.05) is 73.7 Å². The molecule has 0 aliphatic heterocycles. The van der Waals surface area contributed by atoms with Gasteiger partial charge in [0.1, 0.15) is 5.75 Å². The van der Waals surface area contributed by atoms with Crippen LogP contribution < -0.4 is 15.4 Å². The quantitative estimate of drug-likeness (QED) is 0.478. The zero-order valence-corrected chi connectivity index (χ0v) is 17.7. The van der Waals surface area contributed by atoms with Crippen LogP contribution >= 0.6 is 0 Å². The van der Waals surface area contributed by atoms with Gasteiger partial charge in [-0.25, -0.2) is 0 Å². The summed E-state index contributed by atoms with van der Waals surface area (Å²) in [6.07, 6.45) is 0.869. The fourth-order valence-electron chi connectivity index (χ4n) is 3.36. The molecule has 0 fully saturated rings. The molecule has 2 N–H and O–H groups in total. The van der Waals surface area contributed by atoms with Crippen molar-refractivity contribution in [3.05, 3.63) is 102 Å². The highest BCUT2D eigenvalue weighted by atomic mass is 16.5. The lowest BCUT2D eigenvalue weighted by molar-refractivity contribution is -0.121. The van der Waals surface area contributed by atoms with Gasteiger partial charge in [0.25, 0.3) is 5.91 Å². The summed E-state index contributed by atoms with van der Waals surface area (Å²) in [5.74, 6) is 0.311. The molecule has 3 aromatic rings. The Morgan fingerprint density at radius 3 is 2.03 bits per heavy atom. The second kappa shape index (κ2) is 11.6. The fraction of sp³-hybridized carbons (Fsp3) is 0.231. The van der Waals surface area contributed by atoms with Crippen molar-refractivity contribution in [1.82, 2.24) is 10.6 Å². The summed E-state index contributed by atoms with van der Waals surface area (Å²) in [6.45, 7) is 2.79. The Morgan fingerprint density at radius 2 is 1.42 bits per heavy atom. The second-order valence-electron chi connectivity index (χ2n) is 7.11. The molecule has 0 atom stereocenters. The molecule has 0 aromatic heterocycles. The number of nitrogens with one attached hydrogen (secondary N) is 2. The monoisotopic (exact) mass is 416 g/mol. The Kier molecular flexibility index (Phi) is 8.23. The zero-order chi connectivity index (χ0) is 21.9. The maximum absolute atomic E-state index is 12.6. The number of benzene rings is 3. The Hall–Kier alpha value is -3.60. The van der Waals surface area contributed by atoms with E-state index in [4.69, 9.17) is 4.74 Å². The molecule has 0 saturated heterocycles. The molecule has 0 unspecified atom stereocenters. The number of hydrogen-bond donors (Lipinski definition) is 2. The van der Waals surface area contributed by atoms with Gasteiger partial charge in [0.15, 0.2) is 0 Å². The Labute approximate surface area is 183 Å². The predicted octanol–water partition coefficient (Wildman–Crippen LogP) is 4.50. The van der Waals surface area contributed by atoms with Crippen LogP contribution in [-0.2, 0) is 4.79 Å². The van der Waals surface area contributed by atoms with Gasteiger partial charge in [-0.1, -0.05) is 72.8 Å². The molecule has 31 heavy (non-hydrogen) atoms. The van der Waals surface area contributed by atoms with Crippen LogP contribution in [0.5, 0.6) is 5.75 Å². The smallest absolute Gasteiger partial charge is 0.255 e. The SMILES string of the molecule is CCOc1ccccc1C(=O)NCCCC(=O)NC(c1ccccc1)c1ccccc1. The summed E-state index contributed by atoms with van der Waals surface area (Å²) in [5, 5.41) is 5.99. The van der Waals surface area contributed by atoms with E-state index in [1.54, 1.807) is 18.2 Å². The maximum atomic E-state index is 12.6. The molecule has 3 rings (SSSR count). The highest BCUT2D eigenvalue weighted by Crippen LogP contribution is 2.22. The number of carbonyl (C=O) groups excluding carboxylic acids is 2. The van der Waals surface area contributed by atoms with Gasteiger partial charge < -0.3 is 15.4 Å². The Morgan fingerprint density at radius 1 is 0.839 bits per heavy atom. The summed E-state index contributed by atoms with van der Waals surface area (Å²) in [4.78, 5) is 25.1. The van der Waals surface area contributed by atoms with Crippen molar-refractivity contribution < 1.29 is 14.3 Å². The number of amides is 2. The van der Waals surface area contributed by atoms with E-state index in [0.29, 0.717) is 37.3 Å². The molecule has 0 saturated carbocycles. The molecule has 0 spiro atoms. The van der Waals surface area contributed by atoms with Crippen LogP contribution in [0.25, 0.3) is 0 Å². The van der Waals surface area contributed by atoms with Crippen LogP contribution in [-0.4, -0.2) is 25.0 Å². The van der Waals surface area contributed by atoms with Crippen LogP contribution in [0.3, 0.4) is 0 Å². The molecule has 160 valence electrons. The summed E-state index contributed by atoms with van der Waals surface area (Å²) in [6, 6.07) is 26.8. The van der Waals surface area contributed by atoms with Crippen LogP contribution in [0.4, 0.5) is 0 Å². The molecule has 5 heteroatoms.